The summed E-state index contributed by atoms with van der Waals surface area (Å²) in [6.07, 6.45) is 1.29. The molecule has 2 N–H and O–H groups in total. The molecule has 8 nitrogen and oxygen atoms in total. The molecule has 128 valence electrons. The fourth-order valence-corrected chi connectivity index (χ4v) is 2.39. The molecule has 0 spiro atoms. The minimum absolute atomic E-state index is 0.168. The van der Waals surface area contributed by atoms with Crippen molar-refractivity contribution in [2.45, 2.75) is 13.5 Å². The normalized spacial score (nSPS) is 10.4. The number of hydrogen-bond donors (Lipinski definition) is 2. The van der Waals surface area contributed by atoms with Crippen molar-refractivity contribution >= 4 is 22.9 Å². The molecule has 0 atom stereocenters. The molecule has 25 heavy (non-hydrogen) atoms. The van der Waals surface area contributed by atoms with Gasteiger partial charge in [-0.3, -0.25) is 4.57 Å². The number of hydrogen-bond acceptors (Lipinski definition) is 7. The first-order valence-corrected chi connectivity index (χ1v) is 7.80. The first kappa shape index (κ1) is 16.5. The van der Waals surface area contributed by atoms with Gasteiger partial charge in [0.2, 0.25) is 0 Å². The summed E-state index contributed by atoms with van der Waals surface area (Å²) in [6, 6.07) is 9.66. The van der Waals surface area contributed by atoms with Crippen LogP contribution in [0.4, 0.5) is 5.82 Å². The molecular weight excluding hydrogens is 322 g/mol. The van der Waals surface area contributed by atoms with E-state index in [0.717, 1.165) is 5.56 Å². The van der Waals surface area contributed by atoms with Crippen LogP contribution in [0.5, 0.6) is 12.0 Å². The molecule has 2 aromatic heterocycles. The Morgan fingerprint density at radius 2 is 2.08 bits per heavy atom. The largest absolute Gasteiger partial charge is 0.480 e. The summed E-state index contributed by atoms with van der Waals surface area (Å²) in [5.74, 6) is 2.06. The van der Waals surface area contributed by atoms with Gasteiger partial charge in [-0.05, 0) is 12.5 Å². The van der Waals surface area contributed by atoms with Crippen molar-refractivity contribution < 1.29 is 14.6 Å². The minimum Gasteiger partial charge on any atom is -0.480 e. The number of carbonyl (C=O) groups excluding carboxylic acids is 1. The lowest BCUT2D eigenvalue weighted by molar-refractivity contribution is 0.314. The summed E-state index contributed by atoms with van der Waals surface area (Å²) < 4.78 is 6.98. The molecule has 0 bridgehead atoms. The second-order valence-electron chi connectivity index (χ2n) is 5.15. The molecule has 0 amide bonds. The summed E-state index contributed by atoms with van der Waals surface area (Å²) in [4.78, 5) is 23.1. The number of imidazole rings is 1. The molecule has 0 unspecified atom stereocenters. The second kappa shape index (κ2) is 7.46. The zero-order chi connectivity index (χ0) is 17.6. The third-order valence-corrected chi connectivity index (χ3v) is 3.47. The zero-order valence-corrected chi connectivity index (χ0v) is 13.6. The van der Waals surface area contributed by atoms with Gasteiger partial charge < -0.3 is 15.2 Å². The molecule has 0 aliphatic carbocycles. The van der Waals surface area contributed by atoms with E-state index in [1.165, 1.54) is 6.08 Å². The highest BCUT2D eigenvalue weighted by Gasteiger charge is 2.18. The zero-order valence-electron chi connectivity index (χ0n) is 13.6. The van der Waals surface area contributed by atoms with E-state index in [1.807, 2.05) is 37.3 Å². The van der Waals surface area contributed by atoms with Crippen LogP contribution in [-0.2, 0) is 11.3 Å². The Kier molecular flexibility index (Phi) is 4.92. The number of anilines is 1. The highest BCUT2D eigenvalue weighted by atomic mass is 16.5. The Morgan fingerprint density at radius 3 is 2.80 bits per heavy atom. The molecule has 0 aliphatic heterocycles. The van der Waals surface area contributed by atoms with Gasteiger partial charge in [0.1, 0.15) is 5.94 Å². The van der Waals surface area contributed by atoms with E-state index in [2.05, 4.69) is 20.3 Å². The number of benzene rings is 1. The first-order chi connectivity index (χ1) is 12.2. The maximum Gasteiger partial charge on any atom is 0.320 e. The maximum atomic E-state index is 10.4. The third kappa shape index (κ3) is 3.59. The Bertz CT molecular complexity index is 917. The molecule has 8 heteroatoms. The van der Waals surface area contributed by atoms with Gasteiger partial charge >= 0.3 is 6.01 Å². The standard InChI is InChI=1S/C17H17N5O3/c1-2-25-16-20-14(18-9-6-10-23)13-15(21-16)22(17(24)19-13)11-12-7-4-3-5-8-12/h3-8H,2,9,11H2,1H3,(H,19,24)(H,18,20,21). The number of rotatable bonds is 7. The van der Waals surface area contributed by atoms with Gasteiger partial charge in [0, 0.05) is 12.6 Å². The highest BCUT2D eigenvalue weighted by molar-refractivity contribution is 5.84. The van der Waals surface area contributed by atoms with Gasteiger partial charge in [-0.15, -0.1) is 0 Å². The van der Waals surface area contributed by atoms with Crippen LogP contribution in [0.1, 0.15) is 12.5 Å². The molecule has 0 radical (unpaired) electrons. The molecule has 0 fully saturated rings. The van der Waals surface area contributed by atoms with E-state index in [9.17, 15) is 9.90 Å². The maximum absolute atomic E-state index is 10.4. The van der Waals surface area contributed by atoms with Crippen molar-refractivity contribution in [2.75, 3.05) is 18.5 Å². The smallest absolute Gasteiger partial charge is 0.320 e. The van der Waals surface area contributed by atoms with Gasteiger partial charge in [-0.2, -0.15) is 15.0 Å². The average molecular weight is 339 g/mol. The van der Waals surface area contributed by atoms with Gasteiger partial charge in [0.25, 0.3) is 6.01 Å². The molecule has 3 rings (SSSR count). The van der Waals surface area contributed by atoms with E-state index in [1.54, 1.807) is 10.5 Å². The van der Waals surface area contributed by atoms with Gasteiger partial charge in [-0.25, -0.2) is 4.79 Å². The van der Waals surface area contributed by atoms with Crippen molar-refractivity contribution in [1.29, 1.82) is 0 Å². The van der Waals surface area contributed by atoms with Crippen LogP contribution < -0.4 is 10.1 Å². The van der Waals surface area contributed by atoms with E-state index >= 15 is 0 Å². The molecule has 0 aliphatic rings. The number of nitrogens with one attached hydrogen (secondary N) is 1. The lowest BCUT2D eigenvalue weighted by Crippen LogP contribution is -2.07. The van der Waals surface area contributed by atoms with Crippen molar-refractivity contribution in [1.82, 2.24) is 19.5 Å². The van der Waals surface area contributed by atoms with E-state index < -0.39 is 0 Å². The van der Waals surface area contributed by atoms with Crippen molar-refractivity contribution in [3.05, 3.63) is 42.0 Å². The number of ether oxygens (including phenoxy) is 1. The van der Waals surface area contributed by atoms with E-state index in [4.69, 9.17) is 4.74 Å². The third-order valence-electron chi connectivity index (χ3n) is 3.47. The number of aromatic hydroxyl groups is 1. The van der Waals surface area contributed by atoms with Gasteiger partial charge in [-0.1, -0.05) is 30.3 Å². The van der Waals surface area contributed by atoms with Crippen LogP contribution >= 0.6 is 0 Å². The second-order valence-corrected chi connectivity index (χ2v) is 5.15. The number of nitrogens with zero attached hydrogens (tertiary/aromatic N) is 4. The van der Waals surface area contributed by atoms with Crippen molar-refractivity contribution in [2.24, 2.45) is 0 Å². The van der Waals surface area contributed by atoms with Crippen LogP contribution in [0.25, 0.3) is 11.2 Å². The Balaban J connectivity index is 2.07. The topological polar surface area (TPSA) is 102 Å². The molecule has 1 aromatic carbocycles. The minimum atomic E-state index is -0.171. The Hall–Kier alpha value is -3.38. The van der Waals surface area contributed by atoms with Crippen LogP contribution in [0, 0.1) is 0 Å². The summed E-state index contributed by atoms with van der Waals surface area (Å²) in [6.45, 7) is 2.86. The predicted molar refractivity (Wildman–Crippen MR) is 92.5 cm³/mol. The van der Waals surface area contributed by atoms with Crippen molar-refractivity contribution in [3.8, 4) is 12.0 Å². The summed E-state index contributed by atoms with van der Waals surface area (Å²) >= 11 is 0. The summed E-state index contributed by atoms with van der Waals surface area (Å²) in [5.41, 5.74) is 1.83. The number of fused-ring (bicyclic) bond motifs is 1. The molecule has 0 saturated heterocycles. The quantitative estimate of drug-likeness (QED) is 0.633. The van der Waals surface area contributed by atoms with E-state index in [-0.39, 0.29) is 18.6 Å². The van der Waals surface area contributed by atoms with Crippen molar-refractivity contribution in [3.63, 3.8) is 0 Å². The SMILES string of the molecule is CCOc1nc(NCC=C=O)c2nc(O)n(Cc3ccccc3)c2n1. The molecule has 2 heterocycles. The van der Waals surface area contributed by atoms with Crippen LogP contribution in [0.2, 0.25) is 0 Å². The highest BCUT2D eigenvalue weighted by Crippen LogP contribution is 2.27. The predicted octanol–water partition coefficient (Wildman–Crippen LogP) is 1.78. The van der Waals surface area contributed by atoms with E-state index in [0.29, 0.717) is 30.1 Å². The lowest BCUT2D eigenvalue weighted by Gasteiger charge is -2.08. The number of aromatic nitrogens is 4. The van der Waals surface area contributed by atoms with Gasteiger partial charge in [0.15, 0.2) is 17.0 Å². The lowest BCUT2D eigenvalue weighted by atomic mass is 10.2. The van der Waals surface area contributed by atoms with Crippen LogP contribution in [-0.4, -0.2) is 43.7 Å². The monoisotopic (exact) mass is 339 g/mol. The Morgan fingerprint density at radius 1 is 1.28 bits per heavy atom. The first-order valence-electron chi connectivity index (χ1n) is 7.80. The summed E-state index contributed by atoms with van der Waals surface area (Å²) in [7, 11) is 0. The molecular formula is C17H17N5O3. The van der Waals surface area contributed by atoms with Gasteiger partial charge in [0.05, 0.1) is 13.2 Å². The fourth-order valence-electron chi connectivity index (χ4n) is 2.39. The fraction of sp³-hybridized carbons (Fsp3) is 0.235. The van der Waals surface area contributed by atoms with Crippen LogP contribution in [0.15, 0.2) is 36.4 Å². The molecule has 0 saturated carbocycles. The Labute approximate surface area is 143 Å². The van der Waals surface area contributed by atoms with Crippen LogP contribution in [0.3, 0.4) is 0 Å². The summed E-state index contributed by atoms with van der Waals surface area (Å²) in [5, 5.41) is 13.2. The molecule has 3 aromatic rings. The average Bonchev–Trinajstić information content (AvgIpc) is 2.93.